The number of aromatic nitrogens is 2. The van der Waals surface area contributed by atoms with Gasteiger partial charge in [0, 0.05) is 67.1 Å². The van der Waals surface area contributed by atoms with E-state index in [2.05, 4.69) is 41.8 Å². The van der Waals surface area contributed by atoms with Crippen LogP contribution in [0.2, 0.25) is 0 Å². The number of furan rings is 1. The van der Waals surface area contributed by atoms with Crippen LogP contribution in [-0.4, -0.2) is 51.7 Å². The second-order valence-corrected chi connectivity index (χ2v) is 9.35. The second kappa shape index (κ2) is 12.1. The van der Waals surface area contributed by atoms with Gasteiger partial charge in [-0.15, -0.1) is 24.8 Å². The predicted molar refractivity (Wildman–Crippen MR) is 146 cm³/mol. The van der Waals surface area contributed by atoms with Crippen molar-refractivity contribution in [3.05, 3.63) is 93.7 Å². The maximum Gasteiger partial charge on any atom is 0.228 e. The van der Waals surface area contributed by atoms with Gasteiger partial charge >= 0.3 is 0 Å². The van der Waals surface area contributed by atoms with Crippen LogP contribution >= 0.6 is 40.7 Å². The highest BCUT2D eigenvalue weighted by Gasteiger charge is 2.21. The van der Waals surface area contributed by atoms with Crippen LogP contribution < -0.4 is 0 Å². The van der Waals surface area contributed by atoms with Gasteiger partial charge in [-0.05, 0) is 55.0 Å². The molecule has 1 aliphatic heterocycles. The molecule has 5 rings (SSSR count). The zero-order valence-corrected chi connectivity index (χ0v) is 22.5. The molecule has 0 bridgehead atoms. The second-order valence-electron chi connectivity index (χ2n) is 8.43. The molecule has 0 saturated carbocycles. The zero-order chi connectivity index (χ0) is 22.8. The number of benzene rings is 1. The van der Waals surface area contributed by atoms with Gasteiger partial charge < -0.3 is 4.42 Å². The fourth-order valence-corrected chi connectivity index (χ4v) is 4.51. The summed E-state index contributed by atoms with van der Waals surface area (Å²) in [6, 6.07) is 15.3. The van der Waals surface area contributed by atoms with Crippen LogP contribution in [0.4, 0.5) is 0 Å². The number of hydrogen-bond donors (Lipinski definition) is 0. The van der Waals surface area contributed by atoms with Crippen LogP contribution in [0.3, 0.4) is 0 Å². The number of carbonyl (C=O) groups excluding carboxylic acids is 1. The number of hydrogen-bond acceptors (Lipinski definition) is 6. The van der Waals surface area contributed by atoms with Crippen molar-refractivity contribution < 1.29 is 9.21 Å². The number of fused-ring (bicyclic) bond motifs is 1. The van der Waals surface area contributed by atoms with E-state index in [1.807, 2.05) is 49.6 Å². The van der Waals surface area contributed by atoms with Crippen LogP contribution in [0.25, 0.3) is 11.0 Å². The Kier molecular flexibility index (Phi) is 9.44. The summed E-state index contributed by atoms with van der Waals surface area (Å²) in [6.45, 7) is 7.53. The molecule has 1 fully saturated rings. The molecule has 0 radical (unpaired) electrons. The molecule has 0 aliphatic carbocycles. The Morgan fingerprint density at radius 3 is 2.31 bits per heavy atom. The molecule has 35 heavy (non-hydrogen) atoms. The lowest BCUT2D eigenvalue weighted by molar-refractivity contribution is 0.101. The molecule has 0 N–H and O–H groups in total. The number of nitrogens with zero attached hydrogens (tertiary/aromatic N) is 4. The lowest BCUT2D eigenvalue weighted by Crippen LogP contribution is -2.45. The number of rotatable bonds is 6. The van der Waals surface area contributed by atoms with Gasteiger partial charge in [0.05, 0.1) is 11.4 Å². The van der Waals surface area contributed by atoms with Crippen molar-refractivity contribution in [2.45, 2.75) is 20.0 Å². The van der Waals surface area contributed by atoms with E-state index in [9.17, 15) is 4.79 Å². The van der Waals surface area contributed by atoms with Crippen LogP contribution in [0.5, 0.6) is 0 Å². The van der Waals surface area contributed by atoms with E-state index in [0.717, 1.165) is 66.1 Å². The molecule has 1 saturated heterocycles. The van der Waals surface area contributed by atoms with Gasteiger partial charge in [0.25, 0.3) is 0 Å². The molecule has 4 aromatic rings. The number of aryl methyl sites for hydroxylation is 1. The van der Waals surface area contributed by atoms with Gasteiger partial charge in [-0.2, -0.15) is 0 Å². The van der Waals surface area contributed by atoms with Crippen molar-refractivity contribution in [3.63, 3.8) is 0 Å². The highest BCUT2D eigenvalue weighted by molar-refractivity contribution is 9.10. The largest absolute Gasteiger partial charge is 0.451 e. The third-order valence-electron chi connectivity index (χ3n) is 6.12. The third-order valence-corrected chi connectivity index (χ3v) is 6.65. The van der Waals surface area contributed by atoms with Gasteiger partial charge in [0.1, 0.15) is 0 Å². The van der Waals surface area contributed by atoms with E-state index >= 15 is 0 Å². The molecular weight excluding hydrogens is 551 g/mol. The number of pyridine rings is 2. The van der Waals surface area contributed by atoms with Gasteiger partial charge in [-0.25, -0.2) is 0 Å². The number of ketones is 1. The highest BCUT2D eigenvalue weighted by atomic mass is 79.9. The molecule has 0 atom stereocenters. The Balaban J connectivity index is 0.00000171. The Labute approximate surface area is 225 Å². The first-order valence-corrected chi connectivity index (χ1v) is 11.9. The maximum absolute atomic E-state index is 13.0. The summed E-state index contributed by atoms with van der Waals surface area (Å²) in [5.74, 6) is 0.233. The standard InChI is InChI=1S/C26H25BrN4O2.2ClH/c1-18-26-23(14-24(33-26)25(32)19-5-7-21(27)8-6-19)20(15-29-18)16-30-10-12-31(13-11-30)17-22-4-2-3-9-28-22;;/h2-9,14-15H,10-13,16-17H2,1H3;2*1H. The molecular formula is C26H27BrCl2N4O2. The summed E-state index contributed by atoms with van der Waals surface area (Å²) in [6.07, 6.45) is 3.77. The molecule has 184 valence electrons. The summed E-state index contributed by atoms with van der Waals surface area (Å²) in [4.78, 5) is 26.8. The van der Waals surface area contributed by atoms with Crippen LogP contribution in [-0.2, 0) is 13.1 Å². The fraction of sp³-hybridized carbons (Fsp3) is 0.269. The lowest BCUT2D eigenvalue weighted by Gasteiger charge is -2.34. The number of halogens is 3. The maximum atomic E-state index is 13.0. The normalized spacial score (nSPS) is 14.3. The smallest absolute Gasteiger partial charge is 0.228 e. The summed E-state index contributed by atoms with van der Waals surface area (Å²) < 4.78 is 6.94. The van der Waals surface area contributed by atoms with Crippen molar-refractivity contribution >= 4 is 57.5 Å². The van der Waals surface area contributed by atoms with Crippen LogP contribution in [0.1, 0.15) is 33.1 Å². The minimum Gasteiger partial charge on any atom is -0.451 e. The molecule has 0 unspecified atom stereocenters. The first kappa shape index (κ1) is 27.3. The number of carbonyl (C=O) groups is 1. The van der Waals surface area contributed by atoms with Crippen LogP contribution in [0.15, 0.2) is 69.8 Å². The molecule has 1 aliphatic rings. The van der Waals surface area contributed by atoms with Crippen molar-refractivity contribution in [2.75, 3.05) is 26.2 Å². The SMILES string of the molecule is Cc1ncc(CN2CCN(Cc3ccccn3)CC2)c2cc(C(=O)c3ccc(Br)cc3)oc12.Cl.Cl. The average molecular weight is 578 g/mol. The Bertz CT molecular complexity index is 1270. The lowest BCUT2D eigenvalue weighted by atomic mass is 10.1. The molecule has 1 aromatic carbocycles. The third kappa shape index (κ3) is 6.29. The Hall–Kier alpha value is -2.29. The van der Waals surface area contributed by atoms with Crippen molar-refractivity contribution in [1.29, 1.82) is 0 Å². The summed E-state index contributed by atoms with van der Waals surface area (Å²) in [5, 5.41) is 0.971. The van der Waals surface area contributed by atoms with Crippen molar-refractivity contribution in [1.82, 2.24) is 19.8 Å². The predicted octanol–water partition coefficient (Wildman–Crippen LogP) is 5.69. The Morgan fingerprint density at radius 2 is 1.66 bits per heavy atom. The van der Waals surface area contributed by atoms with Gasteiger partial charge in [-0.1, -0.05) is 22.0 Å². The van der Waals surface area contributed by atoms with E-state index in [4.69, 9.17) is 4.42 Å². The van der Waals surface area contributed by atoms with Crippen molar-refractivity contribution in [2.24, 2.45) is 0 Å². The minimum atomic E-state index is -0.118. The van der Waals surface area contributed by atoms with E-state index in [-0.39, 0.29) is 30.6 Å². The van der Waals surface area contributed by atoms with Gasteiger partial charge in [-0.3, -0.25) is 24.6 Å². The first-order valence-electron chi connectivity index (χ1n) is 11.1. The monoisotopic (exact) mass is 576 g/mol. The average Bonchev–Trinajstić information content (AvgIpc) is 3.30. The molecule has 0 spiro atoms. The van der Waals surface area contributed by atoms with E-state index < -0.39 is 0 Å². The quantitative estimate of drug-likeness (QED) is 0.274. The molecule has 4 heterocycles. The summed E-state index contributed by atoms with van der Waals surface area (Å²) >= 11 is 3.41. The topological polar surface area (TPSA) is 62.5 Å². The minimum absolute atomic E-state index is 0. The summed E-state index contributed by atoms with van der Waals surface area (Å²) in [5.41, 5.74) is 4.29. The summed E-state index contributed by atoms with van der Waals surface area (Å²) in [7, 11) is 0. The van der Waals surface area contributed by atoms with Crippen LogP contribution in [0, 0.1) is 6.92 Å². The highest BCUT2D eigenvalue weighted by Crippen LogP contribution is 2.28. The fourth-order valence-electron chi connectivity index (χ4n) is 4.25. The van der Waals surface area contributed by atoms with Gasteiger partial charge in [0.2, 0.25) is 5.78 Å². The molecule has 6 nitrogen and oxygen atoms in total. The molecule has 9 heteroatoms. The van der Waals surface area contributed by atoms with E-state index in [0.29, 0.717) is 16.9 Å². The number of piperazine rings is 1. The van der Waals surface area contributed by atoms with E-state index in [1.165, 1.54) is 0 Å². The molecule has 0 amide bonds. The molecule has 3 aromatic heterocycles. The first-order chi connectivity index (χ1) is 16.1. The Morgan fingerprint density at radius 1 is 0.971 bits per heavy atom. The van der Waals surface area contributed by atoms with E-state index in [1.54, 1.807) is 12.1 Å². The zero-order valence-electron chi connectivity index (χ0n) is 19.3. The van der Waals surface area contributed by atoms with Crippen molar-refractivity contribution in [3.8, 4) is 0 Å². The van der Waals surface area contributed by atoms with Gasteiger partial charge in [0.15, 0.2) is 11.3 Å².